The highest BCUT2D eigenvalue weighted by atomic mass is 16.3. The van der Waals surface area contributed by atoms with Gasteiger partial charge in [0.25, 0.3) is 0 Å². The smallest absolute Gasteiger partial charge is 0.121 e. The molecule has 0 saturated heterocycles. The van der Waals surface area contributed by atoms with Gasteiger partial charge in [-0.25, -0.2) is 4.98 Å². The SMILES string of the molecule is CC(C)N(CCO)Cc1nc2ccccc2[nH]1. The summed E-state index contributed by atoms with van der Waals surface area (Å²) in [6.45, 7) is 5.84. The molecule has 0 atom stereocenters. The zero-order valence-electron chi connectivity index (χ0n) is 10.3. The Balaban J connectivity index is 2.16. The van der Waals surface area contributed by atoms with Crippen LogP contribution in [0.15, 0.2) is 24.3 Å². The van der Waals surface area contributed by atoms with Crippen molar-refractivity contribution in [3.05, 3.63) is 30.1 Å². The molecule has 0 unspecified atom stereocenters. The molecule has 1 aromatic carbocycles. The lowest BCUT2D eigenvalue weighted by molar-refractivity contribution is 0.156. The standard InChI is InChI=1S/C13H19N3O/c1-10(2)16(7-8-17)9-13-14-11-5-3-4-6-12(11)15-13/h3-6,10,17H,7-9H2,1-2H3,(H,14,15). The van der Waals surface area contributed by atoms with E-state index in [2.05, 4.69) is 28.7 Å². The molecule has 0 aliphatic heterocycles. The third-order valence-electron chi connectivity index (χ3n) is 2.91. The maximum atomic E-state index is 9.03. The molecular weight excluding hydrogens is 214 g/mol. The number of aliphatic hydroxyl groups excluding tert-OH is 1. The Hall–Kier alpha value is -1.39. The van der Waals surface area contributed by atoms with Gasteiger partial charge >= 0.3 is 0 Å². The third-order valence-corrected chi connectivity index (χ3v) is 2.91. The van der Waals surface area contributed by atoms with Gasteiger partial charge in [0.15, 0.2) is 0 Å². The van der Waals surface area contributed by atoms with E-state index in [-0.39, 0.29) is 6.61 Å². The van der Waals surface area contributed by atoms with Crippen LogP contribution >= 0.6 is 0 Å². The first kappa shape index (κ1) is 12.1. The molecule has 0 aliphatic rings. The quantitative estimate of drug-likeness (QED) is 0.827. The number of hydrogen-bond acceptors (Lipinski definition) is 3. The first-order valence-electron chi connectivity index (χ1n) is 5.99. The van der Waals surface area contributed by atoms with Crippen molar-refractivity contribution in [2.45, 2.75) is 26.4 Å². The molecule has 0 aliphatic carbocycles. The van der Waals surface area contributed by atoms with Crippen LogP contribution in [0.1, 0.15) is 19.7 Å². The van der Waals surface area contributed by atoms with E-state index < -0.39 is 0 Å². The van der Waals surface area contributed by atoms with Gasteiger partial charge in [0, 0.05) is 12.6 Å². The minimum absolute atomic E-state index is 0.179. The Labute approximate surface area is 101 Å². The predicted octanol–water partition coefficient (Wildman–Crippen LogP) is 1.77. The summed E-state index contributed by atoms with van der Waals surface area (Å²) in [5, 5.41) is 9.03. The average Bonchev–Trinajstić information content (AvgIpc) is 2.70. The van der Waals surface area contributed by atoms with Gasteiger partial charge in [-0.05, 0) is 26.0 Å². The second kappa shape index (κ2) is 5.29. The molecule has 0 radical (unpaired) electrons. The van der Waals surface area contributed by atoms with Crippen LogP contribution in [0.3, 0.4) is 0 Å². The largest absolute Gasteiger partial charge is 0.395 e. The molecule has 0 bridgehead atoms. The molecule has 0 amide bonds. The van der Waals surface area contributed by atoms with E-state index in [4.69, 9.17) is 5.11 Å². The highest BCUT2D eigenvalue weighted by Gasteiger charge is 2.11. The minimum Gasteiger partial charge on any atom is -0.395 e. The summed E-state index contributed by atoms with van der Waals surface area (Å²) >= 11 is 0. The maximum absolute atomic E-state index is 9.03. The summed E-state index contributed by atoms with van der Waals surface area (Å²) in [5.74, 6) is 0.952. The number of nitrogens with one attached hydrogen (secondary N) is 1. The molecule has 0 fully saturated rings. The van der Waals surface area contributed by atoms with Gasteiger partial charge in [0.1, 0.15) is 5.82 Å². The molecule has 1 heterocycles. The van der Waals surface area contributed by atoms with Gasteiger partial charge in [-0.2, -0.15) is 0 Å². The van der Waals surface area contributed by atoms with E-state index in [1.807, 2.05) is 24.3 Å². The third kappa shape index (κ3) is 2.84. The molecule has 92 valence electrons. The Kier molecular flexibility index (Phi) is 3.76. The van der Waals surface area contributed by atoms with Gasteiger partial charge < -0.3 is 10.1 Å². The number of hydrogen-bond donors (Lipinski definition) is 2. The summed E-state index contributed by atoms with van der Waals surface area (Å²) < 4.78 is 0. The van der Waals surface area contributed by atoms with Crippen LogP contribution in [0.25, 0.3) is 11.0 Å². The van der Waals surface area contributed by atoms with Crippen molar-refractivity contribution in [1.29, 1.82) is 0 Å². The van der Waals surface area contributed by atoms with Crippen molar-refractivity contribution >= 4 is 11.0 Å². The normalized spacial score (nSPS) is 11.8. The van der Waals surface area contributed by atoms with Gasteiger partial charge in [-0.1, -0.05) is 12.1 Å². The van der Waals surface area contributed by atoms with Crippen LogP contribution < -0.4 is 0 Å². The van der Waals surface area contributed by atoms with E-state index in [1.165, 1.54) is 0 Å². The van der Waals surface area contributed by atoms with Crippen molar-refractivity contribution in [2.24, 2.45) is 0 Å². The molecule has 0 saturated carbocycles. The number of nitrogens with zero attached hydrogens (tertiary/aromatic N) is 2. The fourth-order valence-corrected chi connectivity index (χ4v) is 1.92. The fourth-order valence-electron chi connectivity index (χ4n) is 1.92. The van der Waals surface area contributed by atoms with Gasteiger partial charge in [-0.15, -0.1) is 0 Å². The van der Waals surface area contributed by atoms with Crippen LogP contribution in [-0.2, 0) is 6.54 Å². The summed E-state index contributed by atoms with van der Waals surface area (Å²) in [5.41, 5.74) is 2.06. The molecule has 17 heavy (non-hydrogen) atoms. The lowest BCUT2D eigenvalue weighted by Gasteiger charge is -2.24. The van der Waals surface area contributed by atoms with E-state index >= 15 is 0 Å². The number of imidazole rings is 1. The summed E-state index contributed by atoms with van der Waals surface area (Å²) in [7, 11) is 0. The number of rotatable bonds is 5. The van der Waals surface area contributed by atoms with Crippen molar-refractivity contribution in [2.75, 3.05) is 13.2 Å². The highest BCUT2D eigenvalue weighted by Crippen LogP contribution is 2.12. The van der Waals surface area contributed by atoms with Gasteiger partial charge in [-0.3, -0.25) is 4.90 Å². The van der Waals surface area contributed by atoms with Crippen LogP contribution in [0, 0.1) is 0 Å². The lowest BCUT2D eigenvalue weighted by atomic mass is 10.3. The second-order valence-corrected chi connectivity index (χ2v) is 4.49. The number of H-pyrrole nitrogens is 1. The van der Waals surface area contributed by atoms with Crippen molar-refractivity contribution < 1.29 is 5.11 Å². The zero-order valence-corrected chi connectivity index (χ0v) is 10.3. The molecule has 4 nitrogen and oxygen atoms in total. The monoisotopic (exact) mass is 233 g/mol. The Morgan fingerprint density at radius 1 is 1.35 bits per heavy atom. The summed E-state index contributed by atoms with van der Waals surface area (Å²) in [6.07, 6.45) is 0. The van der Waals surface area contributed by atoms with Crippen LogP contribution in [0.4, 0.5) is 0 Å². The minimum atomic E-state index is 0.179. The Bertz CT molecular complexity index is 445. The van der Waals surface area contributed by atoms with Gasteiger partial charge in [0.2, 0.25) is 0 Å². The van der Waals surface area contributed by atoms with Crippen molar-refractivity contribution in [3.63, 3.8) is 0 Å². The second-order valence-electron chi connectivity index (χ2n) is 4.49. The van der Waals surface area contributed by atoms with Crippen LogP contribution in [0.2, 0.25) is 0 Å². The lowest BCUT2D eigenvalue weighted by Crippen LogP contribution is -2.33. The number of aromatic amines is 1. The molecule has 2 aromatic rings. The van der Waals surface area contributed by atoms with E-state index in [1.54, 1.807) is 0 Å². The number of fused-ring (bicyclic) bond motifs is 1. The van der Waals surface area contributed by atoms with Crippen LogP contribution in [0.5, 0.6) is 0 Å². The van der Waals surface area contributed by atoms with E-state index in [9.17, 15) is 0 Å². The van der Waals surface area contributed by atoms with Gasteiger partial charge in [0.05, 0.1) is 24.2 Å². The fraction of sp³-hybridized carbons (Fsp3) is 0.462. The summed E-state index contributed by atoms with van der Waals surface area (Å²) in [4.78, 5) is 10.0. The first-order chi connectivity index (χ1) is 8.20. The molecular formula is C13H19N3O. The molecule has 2 rings (SSSR count). The highest BCUT2D eigenvalue weighted by molar-refractivity contribution is 5.74. The number of aliphatic hydroxyl groups is 1. The number of aromatic nitrogens is 2. The van der Waals surface area contributed by atoms with Crippen molar-refractivity contribution in [3.8, 4) is 0 Å². The number of para-hydroxylation sites is 2. The number of benzene rings is 1. The Morgan fingerprint density at radius 3 is 2.76 bits per heavy atom. The molecule has 1 aromatic heterocycles. The average molecular weight is 233 g/mol. The van der Waals surface area contributed by atoms with Crippen LogP contribution in [-0.4, -0.2) is 39.2 Å². The predicted molar refractivity (Wildman–Crippen MR) is 68.7 cm³/mol. The summed E-state index contributed by atoms with van der Waals surface area (Å²) in [6, 6.07) is 8.41. The first-order valence-corrected chi connectivity index (χ1v) is 5.99. The Morgan fingerprint density at radius 2 is 2.12 bits per heavy atom. The zero-order chi connectivity index (χ0) is 12.3. The van der Waals surface area contributed by atoms with E-state index in [0.29, 0.717) is 12.6 Å². The van der Waals surface area contributed by atoms with E-state index in [0.717, 1.165) is 23.4 Å². The van der Waals surface area contributed by atoms with Crippen molar-refractivity contribution in [1.82, 2.24) is 14.9 Å². The topological polar surface area (TPSA) is 52.1 Å². The maximum Gasteiger partial charge on any atom is 0.121 e. The molecule has 2 N–H and O–H groups in total. The molecule has 0 spiro atoms. The molecule has 4 heteroatoms.